The maximum Gasteiger partial charge on any atom is 0.269 e. The Morgan fingerprint density at radius 2 is 1.82 bits per heavy atom. The normalized spacial score (nSPS) is 10.9. The number of hydrogen-bond acceptors (Lipinski definition) is 7. The van der Waals surface area contributed by atoms with Crippen molar-refractivity contribution < 1.29 is 21.5 Å². The molecule has 1 amide bonds. The lowest BCUT2D eigenvalue weighted by atomic mass is 10.0. The number of carbonyl (C=O) groups is 1. The van der Waals surface area contributed by atoms with Crippen molar-refractivity contribution in [2.75, 3.05) is 19.5 Å². The highest BCUT2D eigenvalue weighted by Gasteiger charge is 2.17. The molecule has 5 rings (SSSR count). The van der Waals surface area contributed by atoms with Crippen LogP contribution in [-0.2, 0) is 7.05 Å². The quantitative estimate of drug-likeness (QED) is 0.259. The standard InChI is InChI=1S/C29H27FN6O3.2H2/c1-16-6-8-21(17(2)33-16)18-12-22(30)27(38-5)24(13-18)35-29-34-23-14-19(7-9-26(23)36(29)4)39-20-10-11-32-25(15-20)28(37)31-3;;/h6-15H,1-5H3,(H,31,37)(H,34,35);2*1H. The molecule has 39 heavy (non-hydrogen) atoms. The number of aromatic nitrogens is 4. The number of benzene rings is 2. The third kappa shape index (κ3) is 5.08. The van der Waals surface area contributed by atoms with Crippen molar-refractivity contribution in [2.45, 2.75) is 13.8 Å². The van der Waals surface area contributed by atoms with Gasteiger partial charge in [0, 0.05) is 52.2 Å². The summed E-state index contributed by atoms with van der Waals surface area (Å²) in [4.78, 5) is 25.2. The molecule has 0 fully saturated rings. The molecule has 2 aromatic carbocycles. The van der Waals surface area contributed by atoms with Crippen LogP contribution in [0, 0.1) is 19.7 Å². The Bertz CT molecular complexity index is 1730. The van der Waals surface area contributed by atoms with Gasteiger partial charge in [-0.25, -0.2) is 9.37 Å². The summed E-state index contributed by atoms with van der Waals surface area (Å²) in [6.07, 6.45) is 1.51. The average molecular weight is 531 g/mol. The minimum Gasteiger partial charge on any atom is -0.492 e. The first-order chi connectivity index (χ1) is 18.8. The second kappa shape index (κ2) is 10.4. The van der Waals surface area contributed by atoms with Crippen molar-refractivity contribution in [1.29, 1.82) is 0 Å². The van der Waals surface area contributed by atoms with Crippen LogP contribution in [0.2, 0.25) is 0 Å². The molecular weight excluding hydrogens is 499 g/mol. The number of nitrogens with zero attached hydrogens (tertiary/aromatic N) is 4. The van der Waals surface area contributed by atoms with Gasteiger partial charge in [0.25, 0.3) is 5.91 Å². The summed E-state index contributed by atoms with van der Waals surface area (Å²) in [7, 11) is 4.83. The van der Waals surface area contributed by atoms with Gasteiger partial charge in [-0.15, -0.1) is 0 Å². The minimum absolute atomic E-state index is 0. The third-order valence-corrected chi connectivity index (χ3v) is 6.31. The number of hydrogen-bond donors (Lipinski definition) is 2. The van der Waals surface area contributed by atoms with Crippen molar-refractivity contribution >= 4 is 28.6 Å². The van der Waals surface area contributed by atoms with Crippen molar-refractivity contribution in [3.63, 3.8) is 0 Å². The summed E-state index contributed by atoms with van der Waals surface area (Å²) < 4.78 is 28.3. The molecule has 9 nitrogen and oxygen atoms in total. The Morgan fingerprint density at radius 1 is 1.03 bits per heavy atom. The van der Waals surface area contributed by atoms with Gasteiger partial charge in [-0.1, -0.05) is 6.07 Å². The molecule has 3 aromatic heterocycles. The van der Waals surface area contributed by atoms with E-state index in [0.717, 1.165) is 22.5 Å². The predicted octanol–water partition coefficient (Wildman–Crippen LogP) is 6.18. The number of nitrogens with one attached hydrogen (secondary N) is 2. The first-order valence-corrected chi connectivity index (χ1v) is 12.2. The van der Waals surface area contributed by atoms with E-state index in [4.69, 9.17) is 14.5 Å². The number of rotatable bonds is 7. The van der Waals surface area contributed by atoms with Crippen LogP contribution in [0.3, 0.4) is 0 Å². The van der Waals surface area contributed by atoms with Crippen LogP contribution in [0.25, 0.3) is 22.2 Å². The molecule has 2 N–H and O–H groups in total. The largest absolute Gasteiger partial charge is 0.492 e. The molecule has 0 bridgehead atoms. The number of imidazole rings is 1. The zero-order valence-corrected chi connectivity index (χ0v) is 22.2. The van der Waals surface area contributed by atoms with Crippen LogP contribution >= 0.6 is 0 Å². The summed E-state index contributed by atoms with van der Waals surface area (Å²) in [5.41, 5.74) is 5.37. The number of pyridine rings is 2. The van der Waals surface area contributed by atoms with Gasteiger partial charge in [0.1, 0.15) is 17.2 Å². The summed E-state index contributed by atoms with van der Waals surface area (Å²) in [5, 5.41) is 5.77. The summed E-state index contributed by atoms with van der Waals surface area (Å²) in [6.45, 7) is 3.81. The van der Waals surface area contributed by atoms with Crippen LogP contribution in [0.4, 0.5) is 16.0 Å². The van der Waals surface area contributed by atoms with Gasteiger partial charge in [0.05, 0.1) is 23.8 Å². The Kier molecular flexibility index (Phi) is 6.84. The topological polar surface area (TPSA) is 103 Å². The number of ether oxygens (including phenoxy) is 2. The highest BCUT2D eigenvalue weighted by Crippen LogP contribution is 2.37. The molecule has 10 heteroatoms. The van der Waals surface area contributed by atoms with E-state index < -0.39 is 5.82 Å². The van der Waals surface area contributed by atoms with E-state index in [1.807, 2.05) is 55.8 Å². The zero-order chi connectivity index (χ0) is 27.7. The van der Waals surface area contributed by atoms with Gasteiger partial charge in [-0.3, -0.25) is 14.8 Å². The molecule has 5 aromatic rings. The zero-order valence-electron chi connectivity index (χ0n) is 22.2. The van der Waals surface area contributed by atoms with Gasteiger partial charge in [0.2, 0.25) is 5.95 Å². The fraction of sp³-hybridized carbons (Fsp3) is 0.172. The highest BCUT2D eigenvalue weighted by molar-refractivity contribution is 5.92. The van der Waals surface area contributed by atoms with Gasteiger partial charge in [0.15, 0.2) is 11.6 Å². The van der Waals surface area contributed by atoms with Crippen LogP contribution in [-0.4, -0.2) is 39.6 Å². The van der Waals surface area contributed by atoms with Gasteiger partial charge >= 0.3 is 0 Å². The lowest BCUT2D eigenvalue weighted by Gasteiger charge is -2.15. The molecule has 0 aliphatic carbocycles. The van der Waals surface area contributed by atoms with Crippen LogP contribution in [0.5, 0.6) is 17.2 Å². The van der Waals surface area contributed by atoms with E-state index in [-0.39, 0.29) is 20.2 Å². The van der Waals surface area contributed by atoms with Gasteiger partial charge < -0.3 is 24.7 Å². The van der Waals surface area contributed by atoms with Gasteiger partial charge in [-0.05, 0) is 55.8 Å². The summed E-state index contributed by atoms with van der Waals surface area (Å²) in [6, 6.07) is 15.8. The van der Waals surface area contributed by atoms with Crippen molar-refractivity contribution in [3.05, 3.63) is 83.7 Å². The molecule has 0 spiro atoms. The lowest BCUT2D eigenvalue weighted by Crippen LogP contribution is -2.18. The lowest BCUT2D eigenvalue weighted by molar-refractivity contribution is 0.0958. The molecule has 0 saturated carbocycles. The smallest absolute Gasteiger partial charge is 0.269 e. The maximum absolute atomic E-state index is 15.1. The second-order valence-electron chi connectivity index (χ2n) is 8.95. The predicted molar refractivity (Wildman–Crippen MR) is 152 cm³/mol. The Hall–Kier alpha value is -4.99. The molecule has 0 aliphatic rings. The van der Waals surface area contributed by atoms with E-state index in [1.165, 1.54) is 19.4 Å². The van der Waals surface area contributed by atoms with Crippen LogP contribution < -0.4 is 20.1 Å². The number of carbonyl (C=O) groups excluding carboxylic acids is 1. The Labute approximate surface area is 227 Å². The molecule has 202 valence electrons. The number of methoxy groups -OCH3 is 1. The number of halogens is 1. The molecule has 0 atom stereocenters. The first-order valence-electron chi connectivity index (χ1n) is 12.2. The second-order valence-corrected chi connectivity index (χ2v) is 8.95. The van der Waals surface area contributed by atoms with Gasteiger partial charge in [-0.2, -0.15) is 0 Å². The number of anilines is 2. The monoisotopic (exact) mass is 530 g/mol. The number of aryl methyl sites for hydroxylation is 3. The molecule has 0 radical (unpaired) electrons. The summed E-state index contributed by atoms with van der Waals surface area (Å²) in [5.74, 6) is 0.768. The maximum atomic E-state index is 15.1. The van der Waals surface area contributed by atoms with Crippen molar-refractivity contribution in [3.8, 4) is 28.4 Å². The van der Waals surface area contributed by atoms with E-state index >= 15 is 4.39 Å². The Morgan fingerprint density at radius 3 is 2.56 bits per heavy atom. The van der Waals surface area contributed by atoms with Crippen LogP contribution in [0.1, 0.15) is 24.7 Å². The Balaban J connectivity index is 0.00000231. The van der Waals surface area contributed by atoms with E-state index in [0.29, 0.717) is 34.2 Å². The SMILES string of the molecule is CNC(=O)c1cc(Oc2ccc3c(c2)nc(Nc2cc(-c4ccc(C)nc4C)cc(F)c2OC)n3C)ccn1.[HH].[HH]. The molecule has 3 heterocycles. The highest BCUT2D eigenvalue weighted by atomic mass is 19.1. The number of amides is 1. The van der Waals surface area contributed by atoms with E-state index in [2.05, 4.69) is 20.6 Å². The number of fused-ring (bicyclic) bond motifs is 1. The molecular formula is C29H31FN6O3. The van der Waals surface area contributed by atoms with Crippen LogP contribution in [0.15, 0.2) is 60.8 Å². The fourth-order valence-electron chi connectivity index (χ4n) is 4.38. The molecule has 0 saturated heterocycles. The van der Waals surface area contributed by atoms with Crippen molar-refractivity contribution in [2.24, 2.45) is 7.05 Å². The minimum atomic E-state index is -0.500. The van der Waals surface area contributed by atoms with Crippen molar-refractivity contribution in [1.82, 2.24) is 24.8 Å². The van der Waals surface area contributed by atoms with E-state index in [9.17, 15) is 4.79 Å². The average Bonchev–Trinajstić information content (AvgIpc) is 3.22. The molecule has 0 aliphatic heterocycles. The summed E-state index contributed by atoms with van der Waals surface area (Å²) >= 11 is 0. The fourth-order valence-corrected chi connectivity index (χ4v) is 4.38. The molecule has 0 unspecified atom stereocenters. The third-order valence-electron chi connectivity index (χ3n) is 6.31. The van der Waals surface area contributed by atoms with E-state index in [1.54, 1.807) is 25.2 Å². The first kappa shape index (κ1) is 25.7.